The van der Waals surface area contributed by atoms with Gasteiger partial charge in [-0.3, -0.25) is 10.3 Å². The molecular weight excluding hydrogens is 378 g/mol. The fourth-order valence-electron chi connectivity index (χ4n) is 3.60. The molecule has 1 aliphatic rings. The Balaban J connectivity index is 0.00000392. The van der Waals surface area contributed by atoms with E-state index in [1.165, 1.54) is 6.92 Å². The lowest BCUT2D eigenvalue weighted by atomic mass is 9.80. The maximum atomic E-state index is 11.7. The number of hydrogen-bond donors (Lipinski definition) is 4. The fraction of sp³-hybridized carbons (Fsp3) is 0.333. The van der Waals surface area contributed by atoms with E-state index in [4.69, 9.17) is 11.1 Å². The quantitative estimate of drug-likeness (QED) is 0.313. The van der Waals surface area contributed by atoms with Gasteiger partial charge in [0.2, 0.25) is 0 Å². The average Bonchev–Trinajstić information content (AvgIpc) is 2.65. The van der Waals surface area contributed by atoms with Gasteiger partial charge in [0.25, 0.3) is 0 Å². The van der Waals surface area contributed by atoms with Crippen molar-refractivity contribution >= 4 is 29.8 Å². The van der Waals surface area contributed by atoms with Gasteiger partial charge in [-0.2, -0.15) is 0 Å². The molecule has 2 rings (SSSR count). The van der Waals surface area contributed by atoms with Crippen molar-refractivity contribution in [2.45, 2.75) is 32.7 Å². The van der Waals surface area contributed by atoms with E-state index < -0.39 is 11.5 Å². The van der Waals surface area contributed by atoms with Crippen molar-refractivity contribution in [2.75, 3.05) is 13.1 Å². The van der Waals surface area contributed by atoms with Crippen LogP contribution in [0.2, 0.25) is 0 Å². The Morgan fingerprint density at radius 2 is 1.82 bits per heavy atom. The van der Waals surface area contributed by atoms with E-state index in [9.17, 15) is 15.0 Å². The second-order valence-electron chi connectivity index (χ2n) is 6.55. The SMILES string of the molecule is CCN(CC)C1(C(=N)N)C=CC(/C(=C(\C)C(=O)O)c2ccccc2)=C(O)C1.Cl. The summed E-state index contributed by atoms with van der Waals surface area (Å²) < 4.78 is 0. The highest BCUT2D eigenvalue weighted by Crippen LogP contribution is 2.38. The van der Waals surface area contributed by atoms with Gasteiger partial charge in [-0.05, 0) is 25.6 Å². The molecule has 0 saturated carbocycles. The highest BCUT2D eigenvalue weighted by Gasteiger charge is 2.40. The molecule has 0 heterocycles. The predicted molar refractivity (Wildman–Crippen MR) is 115 cm³/mol. The summed E-state index contributed by atoms with van der Waals surface area (Å²) in [6, 6.07) is 9.12. The first-order chi connectivity index (χ1) is 12.8. The second-order valence-corrected chi connectivity index (χ2v) is 6.55. The number of carboxylic acids is 1. The number of nitrogens with one attached hydrogen (secondary N) is 1. The van der Waals surface area contributed by atoms with Crippen LogP contribution in [-0.4, -0.2) is 45.5 Å². The first-order valence-electron chi connectivity index (χ1n) is 8.99. The number of amidine groups is 1. The van der Waals surface area contributed by atoms with Crippen LogP contribution in [0.1, 0.15) is 32.8 Å². The van der Waals surface area contributed by atoms with Crippen LogP contribution in [0.5, 0.6) is 0 Å². The van der Waals surface area contributed by atoms with Gasteiger partial charge in [0, 0.05) is 23.1 Å². The van der Waals surface area contributed by atoms with Gasteiger partial charge in [-0.15, -0.1) is 12.4 Å². The van der Waals surface area contributed by atoms with Crippen molar-refractivity contribution in [1.29, 1.82) is 5.41 Å². The first kappa shape index (κ1) is 23.5. The summed E-state index contributed by atoms with van der Waals surface area (Å²) in [6.45, 7) is 6.80. The Labute approximate surface area is 172 Å². The molecule has 1 atom stereocenters. The molecule has 0 aromatic heterocycles. The second kappa shape index (κ2) is 9.57. The lowest BCUT2D eigenvalue weighted by Crippen LogP contribution is -2.57. The molecule has 0 fully saturated rings. The van der Waals surface area contributed by atoms with E-state index >= 15 is 0 Å². The summed E-state index contributed by atoms with van der Waals surface area (Å²) in [6.07, 6.45) is 3.61. The summed E-state index contributed by atoms with van der Waals surface area (Å²) in [5.41, 5.74) is 6.77. The minimum Gasteiger partial charge on any atom is -0.512 e. The summed E-state index contributed by atoms with van der Waals surface area (Å²) in [5.74, 6) is -1.07. The third-order valence-electron chi connectivity index (χ3n) is 5.10. The van der Waals surface area contributed by atoms with Gasteiger partial charge in [0.1, 0.15) is 17.1 Å². The number of hydrogen-bond acceptors (Lipinski definition) is 4. The monoisotopic (exact) mass is 405 g/mol. The number of allylic oxidation sites excluding steroid dienone is 3. The normalized spacial score (nSPS) is 19.9. The number of carboxylic acid groups (broad SMARTS) is 1. The maximum absolute atomic E-state index is 11.7. The molecular formula is C21H28ClN3O3. The van der Waals surface area contributed by atoms with E-state index in [-0.39, 0.29) is 36.0 Å². The number of carbonyl (C=O) groups is 1. The Morgan fingerprint density at radius 1 is 1.25 bits per heavy atom. The largest absolute Gasteiger partial charge is 0.512 e. The molecule has 1 aromatic carbocycles. The molecule has 0 amide bonds. The number of nitrogens with zero attached hydrogens (tertiary/aromatic N) is 1. The van der Waals surface area contributed by atoms with Gasteiger partial charge < -0.3 is 15.9 Å². The Hall–Kier alpha value is -2.57. The molecule has 1 aliphatic carbocycles. The van der Waals surface area contributed by atoms with Gasteiger partial charge in [0.15, 0.2) is 0 Å². The van der Waals surface area contributed by atoms with Crippen LogP contribution < -0.4 is 5.73 Å². The number of likely N-dealkylation sites (N-methyl/N-ethyl adjacent to an activating group) is 1. The van der Waals surface area contributed by atoms with E-state index in [1.807, 2.05) is 49.1 Å². The lowest BCUT2D eigenvalue weighted by Gasteiger charge is -2.42. The van der Waals surface area contributed by atoms with Crippen LogP contribution in [0.15, 0.2) is 59.4 Å². The van der Waals surface area contributed by atoms with Crippen molar-refractivity contribution < 1.29 is 15.0 Å². The van der Waals surface area contributed by atoms with Crippen LogP contribution in [-0.2, 0) is 4.79 Å². The maximum Gasteiger partial charge on any atom is 0.331 e. The number of aliphatic hydroxyl groups is 1. The Kier molecular flexibility index (Phi) is 8.02. The van der Waals surface area contributed by atoms with Crippen molar-refractivity contribution in [3.8, 4) is 0 Å². The third-order valence-corrected chi connectivity index (χ3v) is 5.10. The summed E-state index contributed by atoms with van der Waals surface area (Å²) in [5, 5.41) is 28.5. The molecule has 0 aliphatic heterocycles. The summed E-state index contributed by atoms with van der Waals surface area (Å²) >= 11 is 0. The van der Waals surface area contributed by atoms with Crippen molar-refractivity contribution in [3.63, 3.8) is 0 Å². The number of halogens is 1. The van der Waals surface area contributed by atoms with Gasteiger partial charge in [-0.25, -0.2) is 4.79 Å². The molecule has 7 heteroatoms. The van der Waals surface area contributed by atoms with Crippen LogP contribution in [0, 0.1) is 5.41 Å². The van der Waals surface area contributed by atoms with Crippen molar-refractivity contribution in [3.05, 3.63) is 65.0 Å². The minimum atomic E-state index is -1.05. The first-order valence-corrected chi connectivity index (χ1v) is 8.99. The van der Waals surface area contributed by atoms with Gasteiger partial charge >= 0.3 is 5.97 Å². The molecule has 1 aromatic rings. The molecule has 6 nitrogen and oxygen atoms in total. The van der Waals surface area contributed by atoms with E-state index in [0.717, 1.165) is 0 Å². The number of rotatable bonds is 7. The van der Waals surface area contributed by atoms with Crippen LogP contribution in [0.3, 0.4) is 0 Å². The molecule has 0 saturated heterocycles. The van der Waals surface area contributed by atoms with Gasteiger partial charge in [-0.1, -0.05) is 56.3 Å². The number of aliphatic carboxylic acids is 1. The number of benzene rings is 1. The Bertz CT molecular complexity index is 827. The zero-order valence-electron chi connectivity index (χ0n) is 16.4. The van der Waals surface area contributed by atoms with Crippen molar-refractivity contribution in [2.24, 2.45) is 5.73 Å². The van der Waals surface area contributed by atoms with E-state index in [2.05, 4.69) is 0 Å². The standard InChI is InChI=1S/C21H27N3O3.ClH/c1-4-24(5-2)21(20(22)23)12-11-16(17(25)13-21)18(14(3)19(26)27)15-9-7-6-8-10-15;/h6-12,25H,4-5,13H2,1-3H3,(H3,22,23)(H,26,27);1H/b18-14+;. The zero-order chi connectivity index (χ0) is 20.2. The van der Waals surface area contributed by atoms with E-state index in [1.54, 1.807) is 12.2 Å². The number of nitrogens with two attached hydrogens (primary N) is 1. The van der Waals surface area contributed by atoms with Crippen LogP contribution in [0.4, 0.5) is 0 Å². The Morgan fingerprint density at radius 3 is 2.25 bits per heavy atom. The highest BCUT2D eigenvalue weighted by atomic mass is 35.5. The molecule has 0 spiro atoms. The molecule has 28 heavy (non-hydrogen) atoms. The molecule has 5 N–H and O–H groups in total. The molecule has 1 unspecified atom stereocenters. The fourth-order valence-corrected chi connectivity index (χ4v) is 3.60. The molecule has 152 valence electrons. The highest BCUT2D eigenvalue weighted by molar-refractivity contribution is 6.02. The smallest absolute Gasteiger partial charge is 0.331 e. The summed E-state index contributed by atoms with van der Waals surface area (Å²) in [7, 11) is 0. The van der Waals surface area contributed by atoms with Crippen LogP contribution in [0.25, 0.3) is 5.57 Å². The minimum absolute atomic E-state index is 0. The van der Waals surface area contributed by atoms with Gasteiger partial charge in [0.05, 0.1) is 0 Å². The average molecular weight is 406 g/mol. The summed E-state index contributed by atoms with van der Waals surface area (Å²) in [4.78, 5) is 13.7. The third kappa shape index (κ3) is 4.29. The lowest BCUT2D eigenvalue weighted by molar-refractivity contribution is -0.132. The molecule has 0 radical (unpaired) electrons. The zero-order valence-corrected chi connectivity index (χ0v) is 17.2. The van der Waals surface area contributed by atoms with Crippen molar-refractivity contribution in [1.82, 2.24) is 4.90 Å². The predicted octanol–water partition coefficient (Wildman–Crippen LogP) is 3.76. The van der Waals surface area contributed by atoms with E-state index in [0.29, 0.717) is 29.8 Å². The topological polar surface area (TPSA) is 111 Å². The number of aliphatic hydroxyl groups excluding tert-OH is 1. The molecule has 0 bridgehead atoms. The van der Waals surface area contributed by atoms with Crippen LogP contribution >= 0.6 is 12.4 Å².